The Labute approximate surface area is 164 Å². The maximum absolute atomic E-state index is 12.8. The number of rotatable bonds is 6. The van der Waals surface area contributed by atoms with E-state index in [-0.39, 0.29) is 5.91 Å². The molecule has 0 aliphatic carbocycles. The molecule has 0 aliphatic rings. The molecular weight excluding hydrogens is 378 g/mol. The Morgan fingerprint density at radius 1 is 1.07 bits per heavy atom. The average molecular weight is 393 g/mol. The van der Waals surface area contributed by atoms with Crippen molar-refractivity contribution in [3.63, 3.8) is 0 Å². The molecule has 1 amide bonds. The summed E-state index contributed by atoms with van der Waals surface area (Å²) in [6, 6.07) is 19.2. The second-order valence-corrected chi connectivity index (χ2v) is 7.67. The van der Waals surface area contributed by atoms with Crippen LogP contribution in [0.25, 0.3) is 5.69 Å². The molecule has 0 atom stereocenters. The molecule has 0 fully saturated rings. The Hall–Kier alpha value is -2.97. The number of anilines is 1. The van der Waals surface area contributed by atoms with Crippen molar-refractivity contribution < 1.29 is 4.79 Å². The van der Waals surface area contributed by atoms with E-state index in [0.29, 0.717) is 5.56 Å². The molecule has 1 N–H and O–H groups in total. The number of thiophene rings is 1. The van der Waals surface area contributed by atoms with Crippen molar-refractivity contribution in [3.05, 3.63) is 82.8 Å². The van der Waals surface area contributed by atoms with E-state index in [1.165, 1.54) is 11.2 Å². The van der Waals surface area contributed by atoms with Gasteiger partial charge in [-0.15, -0.1) is 28.2 Å². The molecule has 134 valence electrons. The fourth-order valence-electron chi connectivity index (χ4n) is 2.50. The highest BCUT2D eigenvalue weighted by molar-refractivity contribution is 7.98. The van der Waals surface area contributed by atoms with Gasteiger partial charge in [-0.2, -0.15) is 0 Å². The van der Waals surface area contributed by atoms with Gasteiger partial charge in [-0.05, 0) is 58.3 Å². The minimum atomic E-state index is -0.126. The number of carbonyl (C=O) groups excluding carboxylic acids is 1. The molecular formula is C19H15N5OS2. The normalized spacial score (nSPS) is 10.7. The minimum Gasteiger partial charge on any atom is -0.322 e. The molecule has 0 spiro atoms. The summed E-state index contributed by atoms with van der Waals surface area (Å²) >= 11 is 3.39. The highest BCUT2D eigenvalue weighted by atomic mass is 32.2. The number of nitrogens with zero attached hydrogens (tertiary/aromatic N) is 4. The first-order valence-corrected chi connectivity index (χ1v) is 10.0. The summed E-state index contributed by atoms with van der Waals surface area (Å²) in [5.41, 5.74) is 2.21. The van der Waals surface area contributed by atoms with Crippen LogP contribution < -0.4 is 5.32 Å². The highest BCUT2D eigenvalue weighted by Crippen LogP contribution is 2.28. The van der Waals surface area contributed by atoms with Crippen molar-refractivity contribution in [3.8, 4) is 5.69 Å². The van der Waals surface area contributed by atoms with Gasteiger partial charge in [0.15, 0.2) is 0 Å². The van der Waals surface area contributed by atoms with E-state index >= 15 is 0 Å². The van der Waals surface area contributed by atoms with E-state index < -0.39 is 0 Å². The minimum absolute atomic E-state index is 0.126. The van der Waals surface area contributed by atoms with Gasteiger partial charge in [-0.25, -0.2) is 4.68 Å². The summed E-state index contributed by atoms with van der Waals surface area (Å²) in [7, 11) is 0. The zero-order valence-corrected chi connectivity index (χ0v) is 15.8. The van der Waals surface area contributed by atoms with Gasteiger partial charge >= 0.3 is 0 Å². The summed E-state index contributed by atoms with van der Waals surface area (Å²) in [6.07, 6.45) is 1.52. The molecule has 0 bridgehead atoms. The zero-order valence-electron chi connectivity index (χ0n) is 14.1. The summed E-state index contributed by atoms with van der Waals surface area (Å²) < 4.78 is 1.56. The van der Waals surface area contributed by atoms with Gasteiger partial charge in [0.2, 0.25) is 0 Å². The van der Waals surface area contributed by atoms with E-state index in [2.05, 4.69) is 32.3 Å². The third-order valence-corrected chi connectivity index (χ3v) is 6.00. The third kappa shape index (κ3) is 4.24. The van der Waals surface area contributed by atoms with Crippen LogP contribution >= 0.6 is 23.1 Å². The van der Waals surface area contributed by atoms with Gasteiger partial charge in [0.1, 0.15) is 6.33 Å². The van der Waals surface area contributed by atoms with Crippen molar-refractivity contribution in [2.45, 2.75) is 10.6 Å². The van der Waals surface area contributed by atoms with Crippen molar-refractivity contribution in [1.82, 2.24) is 20.2 Å². The largest absolute Gasteiger partial charge is 0.322 e. The third-order valence-electron chi connectivity index (χ3n) is 3.82. The number of thioether (sulfide) groups is 1. The summed E-state index contributed by atoms with van der Waals surface area (Å²) in [4.78, 5) is 15.0. The molecule has 2 aromatic heterocycles. The molecule has 0 unspecified atom stereocenters. The van der Waals surface area contributed by atoms with Gasteiger partial charge in [-0.3, -0.25) is 4.79 Å². The van der Waals surface area contributed by atoms with Crippen LogP contribution in [0.2, 0.25) is 0 Å². The van der Waals surface area contributed by atoms with E-state index in [4.69, 9.17) is 0 Å². The van der Waals surface area contributed by atoms with Gasteiger partial charge < -0.3 is 5.32 Å². The number of amides is 1. The van der Waals surface area contributed by atoms with Crippen molar-refractivity contribution >= 4 is 34.7 Å². The predicted molar refractivity (Wildman–Crippen MR) is 107 cm³/mol. The first kappa shape index (κ1) is 17.4. The molecule has 2 aromatic carbocycles. The Morgan fingerprint density at radius 2 is 1.93 bits per heavy atom. The van der Waals surface area contributed by atoms with Crippen molar-refractivity contribution in [1.29, 1.82) is 0 Å². The van der Waals surface area contributed by atoms with Crippen LogP contribution in [0, 0.1) is 0 Å². The average Bonchev–Trinajstić information content (AvgIpc) is 3.41. The first-order chi connectivity index (χ1) is 13.3. The van der Waals surface area contributed by atoms with Crippen LogP contribution in [-0.4, -0.2) is 26.1 Å². The maximum atomic E-state index is 12.8. The Balaban J connectivity index is 1.46. The Bertz CT molecular complexity index is 1010. The molecule has 27 heavy (non-hydrogen) atoms. The molecule has 2 heterocycles. The van der Waals surface area contributed by atoms with Gasteiger partial charge in [0.25, 0.3) is 5.91 Å². The van der Waals surface area contributed by atoms with E-state index in [0.717, 1.165) is 22.0 Å². The lowest BCUT2D eigenvalue weighted by molar-refractivity contribution is 0.102. The van der Waals surface area contributed by atoms with Gasteiger partial charge in [0.05, 0.1) is 11.3 Å². The second-order valence-electron chi connectivity index (χ2n) is 5.62. The van der Waals surface area contributed by atoms with Crippen LogP contribution in [-0.2, 0) is 5.75 Å². The van der Waals surface area contributed by atoms with E-state index in [1.54, 1.807) is 27.8 Å². The SMILES string of the molecule is O=C(Nc1ccc(-n2cnnn2)cc1)c1ccccc1SCc1cccs1. The van der Waals surface area contributed by atoms with Crippen LogP contribution in [0.1, 0.15) is 15.2 Å². The van der Waals surface area contributed by atoms with Crippen LogP contribution in [0.3, 0.4) is 0 Å². The zero-order chi connectivity index (χ0) is 18.5. The highest BCUT2D eigenvalue weighted by Gasteiger charge is 2.12. The quantitative estimate of drug-likeness (QED) is 0.495. The van der Waals surface area contributed by atoms with Gasteiger partial charge in [0, 0.05) is 21.2 Å². The molecule has 8 heteroatoms. The fourth-order valence-corrected chi connectivity index (χ4v) is 4.32. The number of tetrazole rings is 1. The number of aromatic nitrogens is 4. The molecule has 4 aromatic rings. The number of nitrogens with one attached hydrogen (secondary N) is 1. The molecule has 6 nitrogen and oxygen atoms in total. The lowest BCUT2D eigenvalue weighted by atomic mass is 10.2. The van der Waals surface area contributed by atoms with Crippen molar-refractivity contribution in [2.75, 3.05) is 5.32 Å². The predicted octanol–water partition coefficient (Wildman–Crippen LogP) is 4.27. The Morgan fingerprint density at radius 3 is 2.67 bits per heavy atom. The van der Waals surface area contributed by atoms with E-state index in [9.17, 15) is 4.79 Å². The van der Waals surface area contributed by atoms with E-state index in [1.807, 2.05) is 54.6 Å². The first-order valence-electron chi connectivity index (χ1n) is 8.18. The fraction of sp³-hybridized carbons (Fsp3) is 0.0526. The molecule has 0 saturated carbocycles. The lowest BCUT2D eigenvalue weighted by Crippen LogP contribution is -2.13. The maximum Gasteiger partial charge on any atom is 0.256 e. The molecule has 0 aliphatic heterocycles. The van der Waals surface area contributed by atoms with Crippen LogP contribution in [0.5, 0.6) is 0 Å². The van der Waals surface area contributed by atoms with Gasteiger partial charge in [-0.1, -0.05) is 18.2 Å². The monoisotopic (exact) mass is 393 g/mol. The molecule has 0 radical (unpaired) electrons. The standard InChI is InChI=1S/C19H15N5OS2/c25-19(21-14-7-9-15(10-8-14)24-13-20-22-23-24)17-5-1-2-6-18(17)27-12-16-4-3-11-26-16/h1-11,13H,12H2,(H,21,25). The number of carbonyl (C=O) groups is 1. The molecule has 4 rings (SSSR count). The molecule has 0 saturated heterocycles. The number of hydrogen-bond donors (Lipinski definition) is 1. The summed E-state index contributed by atoms with van der Waals surface area (Å²) in [5.74, 6) is 0.724. The smallest absolute Gasteiger partial charge is 0.256 e. The summed E-state index contributed by atoms with van der Waals surface area (Å²) in [6.45, 7) is 0. The topological polar surface area (TPSA) is 72.7 Å². The summed E-state index contributed by atoms with van der Waals surface area (Å²) in [5, 5.41) is 16.1. The number of benzene rings is 2. The lowest BCUT2D eigenvalue weighted by Gasteiger charge is -2.10. The second kappa shape index (κ2) is 8.15. The Kier molecular flexibility index (Phi) is 5.27. The van der Waals surface area contributed by atoms with Crippen molar-refractivity contribution in [2.24, 2.45) is 0 Å². The van der Waals surface area contributed by atoms with Crippen LogP contribution in [0.15, 0.2) is 77.3 Å². The van der Waals surface area contributed by atoms with Crippen LogP contribution in [0.4, 0.5) is 5.69 Å². The number of hydrogen-bond acceptors (Lipinski definition) is 6.